The number of amides is 1. The third-order valence-corrected chi connectivity index (χ3v) is 3.26. The van der Waals surface area contributed by atoms with E-state index in [1.54, 1.807) is 6.92 Å². The average molecular weight is 259 g/mol. The van der Waals surface area contributed by atoms with E-state index in [0.717, 1.165) is 12.3 Å². The number of nitrogens with one attached hydrogen (secondary N) is 3. The molecule has 0 bridgehead atoms. The second kappa shape index (κ2) is 5.60. The monoisotopic (exact) mass is 259 g/mol. The van der Waals surface area contributed by atoms with Crippen LogP contribution in [-0.4, -0.2) is 32.4 Å². The maximum absolute atomic E-state index is 11.6. The van der Waals surface area contributed by atoms with E-state index in [1.807, 2.05) is 0 Å². The van der Waals surface area contributed by atoms with Gasteiger partial charge in [0, 0.05) is 18.8 Å². The predicted octanol–water partition coefficient (Wildman–Crippen LogP) is -1.21. The van der Waals surface area contributed by atoms with Gasteiger partial charge in [0.25, 0.3) is 0 Å². The molecule has 17 heavy (non-hydrogen) atoms. The molecule has 0 saturated heterocycles. The zero-order chi connectivity index (χ0) is 12.9. The summed E-state index contributed by atoms with van der Waals surface area (Å²) in [4.78, 5) is 24.0. The van der Waals surface area contributed by atoms with Gasteiger partial charge in [0.15, 0.2) is 0 Å². The molecule has 0 saturated carbocycles. The molecule has 1 aromatic rings. The van der Waals surface area contributed by atoms with E-state index >= 15 is 0 Å². The van der Waals surface area contributed by atoms with Crippen LogP contribution in [0.1, 0.15) is 6.92 Å². The lowest BCUT2D eigenvalue weighted by Gasteiger charge is -2.06. The Kier molecular flexibility index (Phi) is 4.41. The van der Waals surface area contributed by atoms with Crippen molar-refractivity contribution in [3.63, 3.8) is 0 Å². The summed E-state index contributed by atoms with van der Waals surface area (Å²) in [5.41, 5.74) is -0.396. The normalized spacial score (nSPS) is 11.1. The van der Waals surface area contributed by atoms with Gasteiger partial charge in [0.1, 0.15) is 0 Å². The van der Waals surface area contributed by atoms with Crippen LogP contribution in [0.5, 0.6) is 0 Å². The minimum Gasteiger partial charge on any atom is -0.355 e. The lowest BCUT2D eigenvalue weighted by Crippen LogP contribution is -2.36. The number of H-pyrrole nitrogens is 1. The lowest BCUT2D eigenvalue weighted by atomic mass is 10.5. The summed E-state index contributed by atoms with van der Waals surface area (Å²) >= 11 is 0. The van der Waals surface area contributed by atoms with Gasteiger partial charge in [-0.3, -0.25) is 9.59 Å². The van der Waals surface area contributed by atoms with Crippen LogP contribution in [0.4, 0.5) is 0 Å². The maximum atomic E-state index is 11.6. The molecule has 1 rings (SSSR count). The number of hydrogen-bond acceptors (Lipinski definition) is 4. The Morgan fingerprint density at radius 2 is 2.12 bits per heavy atom. The first-order valence-electron chi connectivity index (χ1n) is 4.91. The van der Waals surface area contributed by atoms with Crippen LogP contribution in [0.3, 0.4) is 0 Å². The van der Waals surface area contributed by atoms with Crippen LogP contribution in [0.15, 0.2) is 28.0 Å². The first-order chi connectivity index (χ1) is 7.95. The van der Waals surface area contributed by atoms with Crippen LogP contribution in [0.25, 0.3) is 0 Å². The largest absolute Gasteiger partial charge is 0.355 e. The van der Waals surface area contributed by atoms with Crippen LogP contribution in [0.2, 0.25) is 0 Å². The first-order valence-corrected chi connectivity index (χ1v) is 6.39. The number of likely N-dealkylation sites (N-methyl/N-ethyl adjacent to an activating group) is 1. The van der Waals surface area contributed by atoms with E-state index in [9.17, 15) is 18.0 Å². The highest BCUT2D eigenvalue weighted by Crippen LogP contribution is 2.02. The highest BCUT2D eigenvalue weighted by molar-refractivity contribution is 7.89. The van der Waals surface area contributed by atoms with Crippen LogP contribution in [-0.2, 0) is 14.8 Å². The summed E-state index contributed by atoms with van der Waals surface area (Å²) in [5.74, 6) is -0.416. The van der Waals surface area contributed by atoms with Crippen LogP contribution >= 0.6 is 0 Å². The van der Waals surface area contributed by atoms with Gasteiger partial charge in [0.05, 0.1) is 11.4 Å². The first kappa shape index (κ1) is 13.4. The predicted molar refractivity (Wildman–Crippen MR) is 60.9 cm³/mol. The molecule has 0 aliphatic carbocycles. The van der Waals surface area contributed by atoms with Gasteiger partial charge >= 0.3 is 0 Å². The fraction of sp³-hybridized carbons (Fsp3) is 0.333. The Morgan fingerprint density at radius 3 is 2.65 bits per heavy atom. The van der Waals surface area contributed by atoms with Crippen molar-refractivity contribution in [3.8, 4) is 0 Å². The molecule has 94 valence electrons. The van der Waals surface area contributed by atoms with Crippen molar-refractivity contribution in [1.82, 2.24) is 15.0 Å². The molecule has 3 N–H and O–H groups in total. The summed E-state index contributed by atoms with van der Waals surface area (Å²) in [7, 11) is -3.77. The number of carbonyl (C=O) groups is 1. The summed E-state index contributed by atoms with van der Waals surface area (Å²) in [6.45, 7) is 1.82. The van der Waals surface area contributed by atoms with Gasteiger partial charge in [0.2, 0.25) is 21.5 Å². The van der Waals surface area contributed by atoms with E-state index in [2.05, 4.69) is 15.0 Å². The summed E-state index contributed by atoms with van der Waals surface area (Å²) < 4.78 is 25.4. The van der Waals surface area contributed by atoms with E-state index < -0.39 is 21.5 Å². The fourth-order valence-corrected chi connectivity index (χ4v) is 2.02. The molecule has 1 heterocycles. The third kappa shape index (κ3) is 4.00. The third-order valence-electron chi connectivity index (χ3n) is 1.86. The lowest BCUT2D eigenvalue weighted by molar-refractivity contribution is -0.119. The van der Waals surface area contributed by atoms with Crippen molar-refractivity contribution >= 4 is 15.9 Å². The Hall–Kier alpha value is -1.67. The van der Waals surface area contributed by atoms with E-state index in [-0.39, 0.29) is 11.4 Å². The van der Waals surface area contributed by atoms with Crippen LogP contribution in [0, 0.1) is 0 Å². The van der Waals surface area contributed by atoms with Gasteiger partial charge in [-0.15, -0.1) is 0 Å². The van der Waals surface area contributed by atoms with E-state index in [4.69, 9.17) is 0 Å². The number of aromatic amines is 1. The minimum atomic E-state index is -3.77. The average Bonchev–Trinajstić information content (AvgIpc) is 2.28. The Labute approximate surface area is 98.3 Å². The van der Waals surface area contributed by atoms with Gasteiger partial charge in [-0.1, -0.05) is 0 Å². The fourth-order valence-electron chi connectivity index (χ4n) is 1.07. The molecule has 1 aromatic heterocycles. The number of hydrogen-bond donors (Lipinski definition) is 3. The molecule has 0 unspecified atom stereocenters. The number of aromatic nitrogens is 1. The number of carbonyl (C=O) groups excluding carboxylic acids is 1. The molecular formula is C9H13N3O4S. The molecule has 1 amide bonds. The minimum absolute atomic E-state index is 0.0959. The molecule has 0 aromatic carbocycles. The second-order valence-electron chi connectivity index (χ2n) is 3.17. The molecule has 0 spiro atoms. The van der Waals surface area contributed by atoms with Crippen molar-refractivity contribution in [3.05, 3.63) is 28.7 Å². The number of pyridine rings is 1. The number of rotatable bonds is 5. The molecule has 8 heteroatoms. The SMILES string of the molecule is CCNC(=O)CNS(=O)(=O)c1ccc(=O)[nH]c1. The van der Waals surface area contributed by atoms with Crippen LogP contribution < -0.4 is 15.6 Å². The van der Waals surface area contributed by atoms with Crippen molar-refractivity contribution in [2.75, 3.05) is 13.1 Å². The summed E-state index contributed by atoms with van der Waals surface area (Å²) in [6.07, 6.45) is 1.07. The molecule has 0 atom stereocenters. The van der Waals surface area contributed by atoms with Gasteiger partial charge < -0.3 is 10.3 Å². The molecule has 7 nitrogen and oxygen atoms in total. The molecular weight excluding hydrogens is 246 g/mol. The van der Waals surface area contributed by atoms with Crippen molar-refractivity contribution in [2.24, 2.45) is 0 Å². The zero-order valence-electron chi connectivity index (χ0n) is 9.19. The summed E-state index contributed by atoms with van der Waals surface area (Å²) in [5, 5.41) is 2.45. The van der Waals surface area contributed by atoms with Gasteiger partial charge in [-0.2, -0.15) is 0 Å². The van der Waals surface area contributed by atoms with Crippen molar-refractivity contribution in [2.45, 2.75) is 11.8 Å². The second-order valence-corrected chi connectivity index (χ2v) is 4.93. The highest BCUT2D eigenvalue weighted by atomic mass is 32.2. The highest BCUT2D eigenvalue weighted by Gasteiger charge is 2.14. The van der Waals surface area contributed by atoms with Gasteiger partial charge in [-0.05, 0) is 13.0 Å². The molecule has 0 radical (unpaired) electrons. The van der Waals surface area contributed by atoms with E-state index in [0.29, 0.717) is 6.54 Å². The maximum Gasteiger partial charge on any atom is 0.247 e. The molecule has 0 aliphatic rings. The van der Waals surface area contributed by atoms with Crippen molar-refractivity contribution < 1.29 is 13.2 Å². The molecule has 0 aliphatic heterocycles. The Balaban J connectivity index is 2.72. The van der Waals surface area contributed by atoms with Gasteiger partial charge in [-0.25, -0.2) is 13.1 Å². The smallest absolute Gasteiger partial charge is 0.247 e. The molecule has 0 fully saturated rings. The van der Waals surface area contributed by atoms with Crippen molar-refractivity contribution in [1.29, 1.82) is 0 Å². The zero-order valence-corrected chi connectivity index (χ0v) is 10.0. The number of sulfonamides is 1. The Morgan fingerprint density at radius 1 is 1.41 bits per heavy atom. The quantitative estimate of drug-likeness (QED) is 0.616. The Bertz CT molecular complexity index is 529. The topological polar surface area (TPSA) is 108 Å². The summed E-state index contributed by atoms with van der Waals surface area (Å²) in [6, 6.07) is 2.26. The van der Waals surface area contributed by atoms with E-state index in [1.165, 1.54) is 6.07 Å². The standard InChI is InChI=1S/C9H13N3O4S/c1-2-10-9(14)6-12-17(15,16)7-3-4-8(13)11-5-7/h3-5,12H,2,6H2,1H3,(H,10,14)(H,11,13).